The van der Waals surface area contributed by atoms with Crippen molar-refractivity contribution < 1.29 is 9.53 Å². The van der Waals surface area contributed by atoms with Crippen LogP contribution in [-0.2, 0) is 4.74 Å². The molecule has 2 atom stereocenters. The van der Waals surface area contributed by atoms with E-state index in [1.54, 1.807) is 12.3 Å². The third kappa shape index (κ3) is 3.64. The first-order valence-electron chi connectivity index (χ1n) is 6.59. The quantitative estimate of drug-likeness (QED) is 0.792. The summed E-state index contributed by atoms with van der Waals surface area (Å²) in [7, 11) is 1.32. The minimum absolute atomic E-state index is 0.0847. The number of nitrogens with one attached hydrogen (secondary N) is 2. The van der Waals surface area contributed by atoms with Crippen LogP contribution in [0.25, 0.3) is 0 Å². The van der Waals surface area contributed by atoms with Crippen molar-refractivity contribution in [2.24, 2.45) is 5.92 Å². The van der Waals surface area contributed by atoms with Gasteiger partial charge < -0.3 is 15.4 Å². The summed E-state index contributed by atoms with van der Waals surface area (Å²) in [5, 5.41) is 6.73. The molecule has 2 N–H and O–H groups in total. The van der Waals surface area contributed by atoms with Gasteiger partial charge in [0.05, 0.1) is 7.11 Å². The van der Waals surface area contributed by atoms with Gasteiger partial charge in [-0.3, -0.25) is 0 Å². The number of rotatable bonds is 4. The Hall–Kier alpha value is -1.69. The number of esters is 1. The zero-order chi connectivity index (χ0) is 13.7. The zero-order valence-corrected chi connectivity index (χ0v) is 11.3. The minimum Gasteiger partial charge on any atom is -0.463 e. The van der Waals surface area contributed by atoms with Crippen LogP contribution in [0.4, 0.5) is 5.82 Å². The molecule has 1 aromatic rings. The average molecular weight is 264 g/mol. The molecule has 2 rings (SSSR count). The lowest BCUT2D eigenvalue weighted by atomic mass is 9.93. The van der Waals surface area contributed by atoms with Crippen LogP contribution in [0.1, 0.15) is 30.4 Å². The summed E-state index contributed by atoms with van der Waals surface area (Å²) in [6, 6.07) is 2.06. The van der Waals surface area contributed by atoms with E-state index in [1.165, 1.54) is 20.0 Å². The first-order valence-corrected chi connectivity index (χ1v) is 6.59. The predicted molar refractivity (Wildman–Crippen MR) is 72.0 cm³/mol. The highest BCUT2D eigenvalue weighted by atomic mass is 16.5. The number of methoxy groups -OCH3 is 1. The van der Waals surface area contributed by atoms with Crippen LogP contribution in [0.3, 0.4) is 0 Å². The van der Waals surface area contributed by atoms with Gasteiger partial charge in [-0.25, -0.2) is 14.8 Å². The second kappa shape index (κ2) is 6.47. The molecule has 1 aliphatic rings. The van der Waals surface area contributed by atoms with E-state index in [0.29, 0.717) is 17.8 Å². The van der Waals surface area contributed by atoms with Gasteiger partial charge in [-0.2, -0.15) is 0 Å². The van der Waals surface area contributed by atoms with Crippen molar-refractivity contribution in [2.75, 3.05) is 25.5 Å². The summed E-state index contributed by atoms with van der Waals surface area (Å²) in [4.78, 5) is 19.4. The molecule has 104 valence electrons. The van der Waals surface area contributed by atoms with Gasteiger partial charge in [0.15, 0.2) is 0 Å². The maximum absolute atomic E-state index is 11.4. The number of carbonyl (C=O) groups excluding carboxylic acids is 1. The van der Waals surface area contributed by atoms with Gasteiger partial charge in [-0.05, 0) is 44.8 Å². The minimum atomic E-state index is -0.518. The van der Waals surface area contributed by atoms with Crippen molar-refractivity contribution >= 4 is 11.8 Å². The molecule has 2 heterocycles. The molecular weight excluding hydrogens is 244 g/mol. The van der Waals surface area contributed by atoms with Crippen molar-refractivity contribution in [1.82, 2.24) is 15.3 Å². The average Bonchev–Trinajstić information content (AvgIpc) is 2.47. The molecule has 0 aliphatic carbocycles. The van der Waals surface area contributed by atoms with Gasteiger partial charge in [0.25, 0.3) is 0 Å². The van der Waals surface area contributed by atoms with E-state index in [9.17, 15) is 4.79 Å². The van der Waals surface area contributed by atoms with Crippen LogP contribution >= 0.6 is 0 Å². The molecule has 6 nitrogen and oxygen atoms in total. The monoisotopic (exact) mass is 264 g/mol. The predicted octanol–water partition coefficient (Wildman–Crippen LogP) is 1.06. The Morgan fingerprint density at radius 2 is 2.47 bits per heavy atom. The smallest absolute Gasteiger partial charge is 0.376 e. The summed E-state index contributed by atoms with van der Waals surface area (Å²) in [6.45, 7) is 4.25. The zero-order valence-electron chi connectivity index (χ0n) is 11.3. The number of nitrogens with zero attached hydrogens (tertiary/aromatic N) is 2. The number of piperidine rings is 1. The third-order valence-electron chi connectivity index (χ3n) is 3.44. The molecule has 1 saturated heterocycles. The molecule has 19 heavy (non-hydrogen) atoms. The van der Waals surface area contributed by atoms with Gasteiger partial charge in [0, 0.05) is 12.2 Å². The van der Waals surface area contributed by atoms with Crippen molar-refractivity contribution in [3.63, 3.8) is 0 Å². The number of carbonyl (C=O) groups is 1. The van der Waals surface area contributed by atoms with Crippen molar-refractivity contribution in [3.8, 4) is 0 Å². The summed E-state index contributed by atoms with van der Waals surface area (Å²) in [6.07, 6.45) is 3.97. The molecule has 0 bridgehead atoms. The molecule has 0 spiro atoms. The summed E-state index contributed by atoms with van der Waals surface area (Å²) < 4.78 is 4.61. The maximum Gasteiger partial charge on any atom is 0.376 e. The van der Waals surface area contributed by atoms with Gasteiger partial charge in [0.2, 0.25) is 5.82 Å². The van der Waals surface area contributed by atoms with E-state index in [0.717, 1.165) is 13.1 Å². The summed E-state index contributed by atoms with van der Waals surface area (Å²) in [5.41, 5.74) is 0. The van der Waals surface area contributed by atoms with E-state index in [1.807, 2.05) is 0 Å². The second-order valence-electron chi connectivity index (χ2n) is 4.80. The van der Waals surface area contributed by atoms with Crippen molar-refractivity contribution in [3.05, 3.63) is 18.1 Å². The van der Waals surface area contributed by atoms with Gasteiger partial charge in [-0.15, -0.1) is 0 Å². The van der Waals surface area contributed by atoms with Gasteiger partial charge in [-0.1, -0.05) is 0 Å². The topological polar surface area (TPSA) is 76.1 Å². The Morgan fingerprint density at radius 1 is 1.63 bits per heavy atom. The largest absolute Gasteiger partial charge is 0.463 e. The lowest BCUT2D eigenvalue weighted by Crippen LogP contribution is -2.39. The normalized spacial score (nSPS) is 20.6. The van der Waals surface area contributed by atoms with Crippen LogP contribution in [0.5, 0.6) is 0 Å². The Labute approximate surface area is 113 Å². The van der Waals surface area contributed by atoms with Crippen molar-refractivity contribution in [1.29, 1.82) is 0 Å². The molecule has 0 aromatic carbocycles. The van der Waals surface area contributed by atoms with Crippen molar-refractivity contribution in [2.45, 2.75) is 25.8 Å². The maximum atomic E-state index is 11.4. The molecule has 1 aromatic heterocycles. The fourth-order valence-electron chi connectivity index (χ4n) is 2.29. The first kappa shape index (κ1) is 13.7. The third-order valence-corrected chi connectivity index (χ3v) is 3.44. The Balaban J connectivity index is 1.99. The van der Waals surface area contributed by atoms with E-state index < -0.39 is 5.97 Å². The number of hydrogen-bond acceptors (Lipinski definition) is 6. The van der Waals surface area contributed by atoms with Crippen LogP contribution in [-0.4, -0.2) is 42.2 Å². The molecule has 1 aliphatic heterocycles. The lowest BCUT2D eigenvalue weighted by molar-refractivity contribution is 0.0587. The highest BCUT2D eigenvalue weighted by Gasteiger charge is 2.20. The number of ether oxygens (including phenoxy) is 1. The molecule has 0 radical (unpaired) electrons. The number of anilines is 1. The van der Waals surface area contributed by atoms with Gasteiger partial charge >= 0.3 is 5.97 Å². The molecule has 1 fully saturated rings. The summed E-state index contributed by atoms with van der Waals surface area (Å²) >= 11 is 0. The highest BCUT2D eigenvalue weighted by Crippen LogP contribution is 2.17. The van der Waals surface area contributed by atoms with Crippen LogP contribution < -0.4 is 10.6 Å². The van der Waals surface area contributed by atoms with Crippen LogP contribution in [0.2, 0.25) is 0 Å². The fraction of sp³-hybridized carbons (Fsp3) is 0.615. The van der Waals surface area contributed by atoms with E-state index in [-0.39, 0.29) is 5.82 Å². The molecule has 6 heteroatoms. The molecular formula is C13H20N4O2. The molecule has 0 saturated carbocycles. The summed E-state index contributed by atoms with van der Waals surface area (Å²) in [5.74, 6) is 0.802. The second-order valence-corrected chi connectivity index (χ2v) is 4.80. The van der Waals surface area contributed by atoms with Crippen LogP contribution in [0.15, 0.2) is 12.3 Å². The molecule has 0 amide bonds. The van der Waals surface area contributed by atoms with Crippen LogP contribution in [0, 0.1) is 5.92 Å². The lowest BCUT2D eigenvalue weighted by Gasteiger charge is -2.29. The Morgan fingerprint density at radius 3 is 3.16 bits per heavy atom. The fourth-order valence-corrected chi connectivity index (χ4v) is 2.29. The van der Waals surface area contributed by atoms with E-state index in [4.69, 9.17) is 0 Å². The Bertz CT molecular complexity index is 432. The number of aromatic nitrogens is 2. The first-order chi connectivity index (χ1) is 9.20. The standard InChI is InChI=1S/C13H20N4O2/c1-9(10-4-3-6-14-8-10)16-11-5-7-15-12(17-11)13(18)19-2/h5,7,9-10,14H,3-4,6,8H2,1-2H3,(H,15,16,17). The highest BCUT2D eigenvalue weighted by molar-refractivity contribution is 5.85. The SMILES string of the molecule is COC(=O)c1nccc(NC(C)C2CCCNC2)n1. The van der Waals surface area contributed by atoms with E-state index in [2.05, 4.69) is 32.3 Å². The number of hydrogen-bond donors (Lipinski definition) is 2. The van der Waals surface area contributed by atoms with E-state index >= 15 is 0 Å². The molecule has 2 unspecified atom stereocenters. The Kier molecular flexibility index (Phi) is 4.68. The van der Waals surface area contributed by atoms with Gasteiger partial charge in [0.1, 0.15) is 5.82 Å².